The van der Waals surface area contributed by atoms with Crippen molar-refractivity contribution < 1.29 is 9.53 Å². The van der Waals surface area contributed by atoms with Crippen LogP contribution in [0.3, 0.4) is 0 Å². The zero-order chi connectivity index (χ0) is 14.5. The van der Waals surface area contributed by atoms with Gasteiger partial charge in [0.2, 0.25) is 6.04 Å². The van der Waals surface area contributed by atoms with Crippen LogP contribution in [0.1, 0.15) is 18.9 Å². The van der Waals surface area contributed by atoms with Gasteiger partial charge in [0.1, 0.15) is 11.6 Å². The fourth-order valence-corrected chi connectivity index (χ4v) is 1.74. The molecule has 1 atom stereocenters. The first-order chi connectivity index (χ1) is 9.67. The van der Waals surface area contributed by atoms with Gasteiger partial charge in [0, 0.05) is 0 Å². The van der Waals surface area contributed by atoms with E-state index < -0.39 is 11.9 Å². The number of benzene rings is 1. The number of ether oxygens (including phenoxy) is 1. The molecule has 7 nitrogen and oxygen atoms in total. The summed E-state index contributed by atoms with van der Waals surface area (Å²) in [5.74, 6) is -0.255. The summed E-state index contributed by atoms with van der Waals surface area (Å²) in [6, 6.07) is 5.68. The highest BCUT2D eigenvalue weighted by Gasteiger charge is 2.31. The Balaban J connectivity index is 2.35. The molecule has 1 heterocycles. The van der Waals surface area contributed by atoms with Crippen LogP contribution < -0.4 is 10.1 Å². The number of nitrogens with one attached hydrogen (secondary N) is 2. The molecule has 2 N–H and O–H groups in total. The van der Waals surface area contributed by atoms with Crippen LogP contribution in [0.4, 0.5) is 0 Å². The van der Waals surface area contributed by atoms with Crippen molar-refractivity contribution in [2.24, 2.45) is 10.2 Å². The van der Waals surface area contributed by atoms with Crippen molar-refractivity contribution in [1.82, 2.24) is 5.32 Å². The van der Waals surface area contributed by atoms with E-state index in [1.807, 2.05) is 6.92 Å². The molecule has 0 saturated heterocycles. The van der Waals surface area contributed by atoms with Crippen LogP contribution in [-0.2, 0) is 4.79 Å². The highest BCUT2D eigenvalue weighted by molar-refractivity contribution is 6.24. The monoisotopic (exact) mass is 274 g/mol. The van der Waals surface area contributed by atoms with Gasteiger partial charge in [0.15, 0.2) is 5.84 Å². The molecule has 1 aliphatic heterocycles. The molecule has 0 radical (unpaired) electrons. The number of carbonyl (C=O) groups excluding carboxylic acids is 1. The minimum Gasteiger partial charge on any atom is -0.493 e. The normalized spacial score (nSPS) is 18.2. The number of amides is 1. The van der Waals surface area contributed by atoms with Crippen LogP contribution in [-0.4, -0.2) is 30.2 Å². The molecule has 0 aliphatic carbocycles. The fourth-order valence-electron chi connectivity index (χ4n) is 1.74. The lowest BCUT2D eigenvalue weighted by Gasteiger charge is -2.19. The summed E-state index contributed by atoms with van der Waals surface area (Å²) in [6.45, 7) is 2.52. The summed E-state index contributed by atoms with van der Waals surface area (Å²) in [7, 11) is 0. The van der Waals surface area contributed by atoms with Crippen LogP contribution in [0.15, 0.2) is 34.4 Å². The molecule has 1 aromatic carbocycles. The first-order valence-corrected chi connectivity index (χ1v) is 6.20. The minimum absolute atomic E-state index is 0.201. The van der Waals surface area contributed by atoms with Gasteiger partial charge in [-0.15, -0.1) is 4.91 Å². The summed E-state index contributed by atoms with van der Waals surface area (Å²) in [5, 5.41) is 12.6. The molecule has 1 unspecified atom stereocenters. The average molecular weight is 274 g/mol. The third kappa shape index (κ3) is 2.71. The molecule has 7 heteroatoms. The highest BCUT2D eigenvalue weighted by Crippen LogP contribution is 2.20. The summed E-state index contributed by atoms with van der Waals surface area (Å²) in [6.07, 6.45) is 0.847. The Morgan fingerprint density at radius 2 is 2.20 bits per heavy atom. The molecule has 0 fully saturated rings. The van der Waals surface area contributed by atoms with Gasteiger partial charge in [-0.25, -0.2) is 4.99 Å². The zero-order valence-electron chi connectivity index (χ0n) is 10.9. The lowest BCUT2D eigenvalue weighted by Crippen LogP contribution is -2.46. The summed E-state index contributed by atoms with van der Waals surface area (Å²) >= 11 is 0. The standard InChI is InChI=1S/C13H14N4O3/c1-2-7-20-9-6-4-3-5-8(9)12-15-11(14)10(17-19)13(18)16-12/h3-6,10H,2,7H2,1H3,(H2,14,15,16,18). The maximum atomic E-state index is 11.7. The van der Waals surface area contributed by atoms with Crippen molar-refractivity contribution in [1.29, 1.82) is 5.41 Å². The number of hydrogen-bond acceptors (Lipinski definition) is 5. The van der Waals surface area contributed by atoms with Crippen molar-refractivity contribution in [3.8, 4) is 5.75 Å². The van der Waals surface area contributed by atoms with Crippen LogP contribution in [0, 0.1) is 10.3 Å². The number of amidine groups is 2. The quantitative estimate of drug-likeness (QED) is 0.794. The number of aliphatic imine (C=N–C) groups is 1. The van der Waals surface area contributed by atoms with Crippen LogP contribution in [0.2, 0.25) is 0 Å². The lowest BCUT2D eigenvalue weighted by molar-refractivity contribution is -0.119. The second kappa shape index (κ2) is 6.05. The second-order valence-corrected chi connectivity index (χ2v) is 4.19. The zero-order valence-corrected chi connectivity index (χ0v) is 10.9. The SMILES string of the molecule is CCCOc1ccccc1C1=NC(=N)C(N=O)C(=O)N1. The largest absolute Gasteiger partial charge is 0.493 e. The van der Waals surface area contributed by atoms with Gasteiger partial charge in [-0.1, -0.05) is 19.1 Å². The van der Waals surface area contributed by atoms with Gasteiger partial charge in [0.05, 0.1) is 12.2 Å². The molecular formula is C13H14N4O3. The van der Waals surface area contributed by atoms with Gasteiger partial charge in [-0.05, 0) is 23.7 Å². The Morgan fingerprint density at radius 1 is 1.45 bits per heavy atom. The maximum Gasteiger partial charge on any atom is 0.261 e. The van der Waals surface area contributed by atoms with E-state index in [9.17, 15) is 9.70 Å². The van der Waals surface area contributed by atoms with Crippen molar-refractivity contribution in [3.63, 3.8) is 0 Å². The predicted octanol–water partition coefficient (Wildman–Crippen LogP) is 1.46. The second-order valence-electron chi connectivity index (χ2n) is 4.19. The molecule has 104 valence electrons. The molecule has 0 aromatic heterocycles. The fraction of sp³-hybridized carbons (Fsp3) is 0.308. The lowest BCUT2D eigenvalue weighted by atomic mass is 10.1. The Bertz CT molecular complexity index is 583. The third-order valence-corrected chi connectivity index (χ3v) is 2.69. The van der Waals surface area contributed by atoms with E-state index in [2.05, 4.69) is 15.5 Å². The molecular weight excluding hydrogens is 260 g/mol. The molecule has 1 amide bonds. The molecule has 1 aromatic rings. The number of rotatable bonds is 5. The molecule has 0 saturated carbocycles. The first-order valence-electron chi connectivity index (χ1n) is 6.20. The minimum atomic E-state index is -1.39. The maximum absolute atomic E-state index is 11.7. The number of para-hydroxylation sites is 1. The van der Waals surface area contributed by atoms with Gasteiger partial charge in [0.25, 0.3) is 5.91 Å². The van der Waals surface area contributed by atoms with Gasteiger partial charge in [-0.2, -0.15) is 0 Å². The summed E-state index contributed by atoms with van der Waals surface area (Å²) < 4.78 is 5.58. The van der Waals surface area contributed by atoms with Crippen LogP contribution in [0.5, 0.6) is 5.75 Å². The van der Waals surface area contributed by atoms with Gasteiger partial charge < -0.3 is 10.1 Å². The van der Waals surface area contributed by atoms with Crippen LogP contribution in [0.25, 0.3) is 0 Å². The Morgan fingerprint density at radius 3 is 2.85 bits per heavy atom. The molecule has 0 bridgehead atoms. The molecule has 20 heavy (non-hydrogen) atoms. The summed E-state index contributed by atoms with van der Waals surface area (Å²) in [5.41, 5.74) is 0.573. The highest BCUT2D eigenvalue weighted by atomic mass is 16.5. The Hall–Kier alpha value is -2.57. The van der Waals surface area contributed by atoms with Crippen molar-refractivity contribution in [2.45, 2.75) is 19.4 Å². The number of nitroso groups, excluding NO2 is 1. The van der Waals surface area contributed by atoms with E-state index in [1.54, 1.807) is 24.3 Å². The Kier molecular flexibility index (Phi) is 4.19. The molecule has 1 aliphatic rings. The van der Waals surface area contributed by atoms with Crippen molar-refractivity contribution in [2.75, 3.05) is 6.61 Å². The van der Waals surface area contributed by atoms with Crippen LogP contribution >= 0.6 is 0 Å². The summed E-state index contributed by atoms with van der Waals surface area (Å²) in [4.78, 5) is 26.1. The molecule has 2 rings (SSSR count). The van der Waals surface area contributed by atoms with E-state index in [0.717, 1.165) is 6.42 Å². The van der Waals surface area contributed by atoms with E-state index in [4.69, 9.17) is 10.1 Å². The third-order valence-electron chi connectivity index (χ3n) is 2.69. The van der Waals surface area contributed by atoms with E-state index >= 15 is 0 Å². The van der Waals surface area contributed by atoms with E-state index in [-0.39, 0.29) is 11.7 Å². The topological polar surface area (TPSA) is 104 Å². The van der Waals surface area contributed by atoms with Crippen molar-refractivity contribution >= 4 is 17.6 Å². The van der Waals surface area contributed by atoms with E-state index in [0.29, 0.717) is 17.9 Å². The average Bonchev–Trinajstić information content (AvgIpc) is 2.45. The number of hydrogen-bond donors (Lipinski definition) is 2. The first kappa shape index (κ1) is 13.9. The van der Waals surface area contributed by atoms with Gasteiger partial charge >= 0.3 is 0 Å². The molecule has 0 spiro atoms. The Labute approximate surface area is 115 Å². The van der Waals surface area contributed by atoms with E-state index in [1.165, 1.54) is 0 Å². The number of nitrogens with zero attached hydrogens (tertiary/aromatic N) is 2. The number of carbonyl (C=O) groups is 1. The predicted molar refractivity (Wildman–Crippen MR) is 74.2 cm³/mol. The van der Waals surface area contributed by atoms with Gasteiger partial charge in [-0.3, -0.25) is 10.2 Å². The smallest absolute Gasteiger partial charge is 0.261 e. The van der Waals surface area contributed by atoms with Crippen molar-refractivity contribution in [3.05, 3.63) is 34.7 Å².